The lowest BCUT2D eigenvalue weighted by Gasteiger charge is -2.38. The molecule has 0 amide bonds. The van der Waals surface area contributed by atoms with E-state index in [4.69, 9.17) is 19.5 Å². The van der Waals surface area contributed by atoms with E-state index in [2.05, 4.69) is 5.32 Å². The number of benzene rings is 3. The largest absolute Gasteiger partial charge is 0.508 e. The summed E-state index contributed by atoms with van der Waals surface area (Å²) >= 11 is 0. The van der Waals surface area contributed by atoms with Gasteiger partial charge < -0.3 is 34.9 Å². The summed E-state index contributed by atoms with van der Waals surface area (Å²) in [6.45, 7) is 13.6. The van der Waals surface area contributed by atoms with Gasteiger partial charge in [0.1, 0.15) is 36.7 Å². The molecule has 3 rings (SSSR count). The van der Waals surface area contributed by atoms with Crippen molar-refractivity contribution in [1.82, 2.24) is 5.32 Å². The first-order valence-electron chi connectivity index (χ1n) is 15.1. The maximum Gasteiger partial charge on any atom is 0.315 e. The highest BCUT2D eigenvalue weighted by molar-refractivity contribution is 6.51. The number of hydrogen-bond donors (Lipinski definition) is 5. The fourth-order valence-electron chi connectivity index (χ4n) is 4.26. The fourth-order valence-corrected chi connectivity index (χ4v) is 4.26. The van der Waals surface area contributed by atoms with Gasteiger partial charge in [-0.2, -0.15) is 0 Å². The van der Waals surface area contributed by atoms with E-state index in [1.165, 1.54) is 0 Å². The Hall–Kier alpha value is -3.63. The fraction of sp³-hybridized carbons (Fsp3) is 0.400. The summed E-state index contributed by atoms with van der Waals surface area (Å²) in [7, 11) is -0.245. The van der Waals surface area contributed by atoms with Crippen LogP contribution in [0.15, 0.2) is 78.3 Å². The Morgan fingerprint density at radius 1 is 0.886 bits per heavy atom. The molecule has 1 atom stereocenters. The summed E-state index contributed by atoms with van der Waals surface area (Å²) in [5.74, 6) is 0.727. The first-order chi connectivity index (χ1) is 20.7. The predicted octanol–water partition coefficient (Wildman–Crippen LogP) is 6.06. The van der Waals surface area contributed by atoms with E-state index >= 15 is 0 Å². The van der Waals surface area contributed by atoms with Crippen molar-refractivity contribution in [2.75, 3.05) is 6.54 Å². The van der Waals surface area contributed by atoms with Gasteiger partial charge in [-0.05, 0) is 62.9 Å². The molecule has 5 N–H and O–H groups in total. The van der Waals surface area contributed by atoms with Crippen molar-refractivity contribution in [1.29, 1.82) is 5.41 Å². The highest BCUT2D eigenvalue weighted by atomic mass is 16.5. The van der Waals surface area contributed by atoms with Gasteiger partial charge in [0, 0.05) is 11.5 Å². The Morgan fingerprint density at radius 2 is 1.41 bits per heavy atom. The van der Waals surface area contributed by atoms with Gasteiger partial charge in [0.25, 0.3) is 0 Å². The highest BCUT2D eigenvalue weighted by Crippen LogP contribution is 2.38. The number of rotatable bonds is 16. The van der Waals surface area contributed by atoms with Crippen molar-refractivity contribution in [3.8, 4) is 11.5 Å². The van der Waals surface area contributed by atoms with E-state index in [1.54, 1.807) is 33.8 Å². The molecule has 0 aliphatic carbocycles. The Labute approximate surface area is 262 Å². The summed E-state index contributed by atoms with van der Waals surface area (Å²) in [6, 6.07) is 23.1. The molecule has 0 heterocycles. The van der Waals surface area contributed by atoms with E-state index in [0.717, 1.165) is 16.7 Å². The van der Waals surface area contributed by atoms with Gasteiger partial charge in [0.05, 0.1) is 22.5 Å². The van der Waals surface area contributed by atoms with Crippen LogP contribution >= 0.6 is 0 Å². The SMILES string of the molecule is CCNC(O)C(=N)/C(BOC(C)(C)C(C)(C)O)=C(\O)c1cc(C(C)C)c(OCc2ccccc2)cc1OCc1ccccc1. The molecule has 3 aromatic carbocycles. The molecule has 0 radical (unpaired) electrons. The van der Waals surface area contributed by atoms with Crippen LogP contribution in [0.25, 0.3) is 5.76 Å². The molecule has 236 valence electrons. The second kappa shape index (κ2) is 15.4. The van der Waals surface area contributed by atoms with Gasteiger partial charge in [-0.15, -0.1) is 0 Å². The smallest absolute Gasteiger partial charge is 0.315 e. The van der Waals surface area contributed by atoms with Crippen molar-refractivity contribution in [2.45, 2.75) is 85.0 Å². The molecule has 8 nitrogen and oxygen atoms in total. The zero-order chi connectivity index (χ0) is 32.5. The lowest BCUT2D eigenvalue weighted by atomic mass is 9.77. The van der Waals surface area contributed by atoms with Crippen LogP contribution in [0, 0.1) is 5.41 Å². The first kappa shape index (κ1) is 34.9. The summed E-state index contributed by atoms with van der Waals surface area (Å²) in [6.07, 6.45) is -1.35. The van der Waals surface area contributed by atoms with E-state index in [1.807, 2.05) is 87.5 Å². The van der Waals surface area contributed by atoms with Gasteiger partial charge in [-0.1, -0.05) is 81.4 Å². The topological polar surface area (TPSA) is 124 Å². The second-order valence-corrected chi connectivity index (χ2v) is 12.1. The van der Waals surface area contributed by atoms with Crippen molar-refractivity contribution in [2.24, 2.45) is 0 Å². The molecule has 0 aromatic heterocycles. The third kappa shape index (κ3) is 9.19. The van der Waals surface area contributed by atoms with Crippen LogP contribution in [0.4, 0.5) is 0 Å². The normalized spacial score (nSPS) is 13.3. The number of ether oxygens (including phenoxy) is 2. The van der Waals surface area contributed by atoms with E-state index in [0.29, 0.717) is 30.2 Å². The van der Waals surface area contributed by atoms with Gasteiger partial charge >= 0.3 is 7.48 Å². The molecule has 0 bridgehead atoms. The Kier molecular flexibility index (Phi) is 12.2. The minimum absolute atomic E-state index is 0.0242. The van der Waals surface area contributed by atoms with Crippen LogP contribution in [0.5, 0.6) is 11.5 Å². The maximum absolute atomic E-state index is 11.9. The highest BCUT2D eigenvalue weighted by Gasteiger charge is 2.37. The summed E-state index contributed by atoms with van der Waals surface area (Å²) < 4.78 is 18.7. The molecule has 0 aliphatic heterocycles. The number of hydrogen-bond acceptors (Lipinski definition) is 8. The minimum Gasteiger partial charge on any atom is -0.508 e. The molecule has 44 heavy (non-hydrogen) atoms. The third-order valence-electron chi connectivity index (χ3n) is 7.80. The molecule has 3 aromatic rings. The lowest BCUT2D eigenvalue weighted by Crippen LogP contribution is -2.49. The minimum atomic E-state index is -1.35. The average molecular weight is 603 g/mol. The molecule has 0 spiro atoms. The van der Waals surface area contributed by atoms with Crippen molar-refractivity contribution in [3.05, 3.63) is 101 Å². The van der Waals surface area contributed by atoms with Crippen molar-refractivity contribution in [3.63, 3.8) is 0 Å². The first-order valence-corrected chi connectivity index (χ1v) is 15.1. The third-order valence-corrected chi connectivity index (χ3v) is 7.80. The molecule has 0 saturated heterocycles. The summed E-state index contributed by atoms with van der Waals surface area (Å²) in [4.78, 5) is 0. The maximum atomic E-state index is 11.9. The lowest BCUT2D eigenvalue weighted by molar-refractivity contribution is -0.0896. The molecular formula is C35H47BN2O6. The zero-order valence-corrected chi connectivity index (χ0v) is 27.0. The van der Waals surface area contributed by atoms with Crippen LogP contribution in [0.3, 0.4) is 0 Å². The van der Waals surface area contributed by atoms with E-state index < -0.39 is 17.4 Å². The van der Waals surface area contributed by atoms with Crippen LogP contribution < -0.4 is 14.8 Å². The van der Waals surface area contributed by atoms with Gasteiger partial charge in [-0.3, -0.25) is 5.32 Å². The number of aliphatic hydroxyl groups is 3. The van der Waals surface area contributed by atoms with Gasteiger partial charge in [0.2, 0.25) is 0 Å². The molecular weight excluding hydrogens is 555 g/mol. The van der Waals surface area contributed by atoms with Crippen LogP contribution in [0.2, 0.25) is 0 Å². The van der Waals surface area contributed by atoms with Crippen LogP contribution in [-0.2, 0) is 17.9 Å². The van der Waals surface area contributed by atoms with Gasteiger partial charge in [0.15, 0.2) is 0 Å². The average Bonchev–Trinajstić information content (AvgIpc) is 2.99. The van der Waals surface area contributed by atoms with Crippen molar-refractivity contribution < 1.29 is 29.4 Å². The van der Waals surface area contributed by atoms with Crippen LogP contribution in [0.1, 0.15) is 76.6 Å². The Bertz CT molecular complexity index is 1400. The van der Waals surface area contributed by atoms with Gasteiger partial charge in [-0.25, -0.2) is 0 Å². The molecule has 0 saturated carbocycles. The van der Waals surface area contributed by atoms with E-state index in [9.17, 15) is 15.3 Å². The Balaban J connectivity index is 2.16. The quantitative estimate of drug-likeness (QED) is 0.0585. The molecule has 0 fully saturated rings. The predicted molar refractivity (Wildman–Crippen MR) is 178 cm³/mol. The summed E-state index contributed by atoms with van der Waals surface area (Å²) in [5.41, 5.74) is 0.687. The zero-order valence-electron chi connectivity index (χ0n) is 27.0. The monoisotopic (exact) mass is 602 g/mol. The second-order valence-electron chi connectivity index (χ2n) is 12.1. The van der Waals surface area contributed by atoms with E-state index in [-0.39, 0.29) is 37.0 Å². The standard InChI is InChI=1S/C35H47BN2O6/c1-8-38-33(40)31(37)30(36-44-35(6,7)34(4,5)41)32(39)27-19-26(23(2)3)28(42-21-24-15-11-9-12-16-24)20-29(27)43-22-25-17-13-10-14-18-25/h9-20,23,33,36-41H,8,21-22H2,1-7H3/b32-30+,37-31?. The van der Waals surface area contributed by atoms with Crippen LogP contribution in [-0.4, -0.2) is 52.5 Å². The molecule has 0 aliphatic rings. The number of nitrogens with one attached hydrogen (secondary N) is 2. The summed E-state index contributed by atoms with van der Waals surface area (Å²) in [5, 5.41) is 44.9. The molecule has 1 unspecified atom stereocenters. The Morgan fingerprint density at radius 3 is 1.89 bits per heavy atom. The molecule has 9 heteroatoms. The van der Waals surface area contributed by atoms with Crippen molar-refractivity contribution >= 4 is 19.0 Å². The number of aliphatic hydroxyl groups excluding tert-OH is 2.